The third kappa shape index (κ3) is 3.13. The summed E-state index contributed by atoms with van der Waals surface area (Å²) in [7, 11) is -2.52. The summed E-state index contributed by atoms with van der Waals surface area (Å²) >= 11 is 5.85. The van der Waals surface area contributed by atoms with Crippen LogP contribution in [0.3, 0.4) is 0 Å². The minimum Gasteiger partial charge on any atom is -0.277 e. The van der Waals surface area contributed by atoms with E-state index in [9.17, 15) is 12.8 Å². The number of nitrogens with zero attached hydrogens (tertiary/aromatic N) is 5. The lowest BCUT2D eigenvalue weighted by Gasteiger charge is -2.06. The zero-order valence-corrected chi connectivity index (χ0v) is 15.4. The van der Waals surface area contributed by atoms with Crippen LogP contribution in [0.5, 0.6) is 0 Å². The van der Waals surface area contributed by atoms with E-state index in [4.69, 9.17) is 11.6 Å². The van der Waals surface area contributed by atoms with E-state index in [1.165, 1.54) is 42.5 Å². The molecule has 3 heterocycles. The molecular weight excluding hydrogens is 395 g/mol. The molecule has 8 nitrogen and oxygen atoms in total. The fraction of sp³-hybridized carbons (Fsp3) is 0.0625. The Labute approximate surface area is 158 Å². The molecule has 1 aromatic carbocycles. The van der Waals surface area contributed by atoms with Gasteiger partial charge >= 0.3 is 0 Å². The van der Waals surface area contributed by atoms with E-state index in [-0.39, 0.29) is 26.6 Å². The van der Waals surface area contributed by atoms with Crippen molar-refractivity contribution in [2.45, 2.75) is 4.90 Å². The molecule has 0 aliphatic carbocycles. The summed E-state index contributed by atoms with van der Waals surface area (Å²) in [5.41, 5.74) is 0.950. The van der Waals surface area contributed by atoms with Gasteiger partial charge < -0.3 is 0 Å². The van der Waals surface area contributed by atoms with Crippen molar-refractivity contribution >= 4 is 38.2 Å². The lowest BCUT2D eigenvalue weighted by molar-refractivity contribution is 0.512. The first kappa shape index (κ1) is 17.4. The zero-order chi connectivity index (χ0) is 19.2. The lowest BCUT2D eigenvalue weighted by Crippen LogP contribution is -2.12. The maximum Gasteiger partial charge on any atom is 0.265 e. The van der Waals surface area contributed by atoms with E-state index in [1.807, 2.05) is 0 Å². The number of nitrogens with one attached hydrogen (secondary N) is 1. The molecule has 4 aromatic rings. The predicted molar refractivity (Wildman–Crippen MR) is 97.8 cm³/mol. The minimum absolute atomic E-state index is 0.0659. The molecule has 0 aliphatic rings. The van der Waals surface area contributed by atoms with Gasteiger partial charge in [-0.3, -0.25) is 4.72 Å². The van der Waals surface area contributed by atoms with Gasteiger partial charge in [0, 0.05) is 19.3 Å². The van der Waals surface area contributed by atoms with Crippen LogP contribution in [0.15, 0.2) is 53.8 Å². The number of sulfonamides is 1. The highest BCUT2D eigenvalue weighted by atomic mass is 35.5. The molecule has 4 rings (SSSR count). The molecule has 0 amide bonds. The van der Waals surface area contributed by atoms with Crippen LogP contribution >= 0.6 is 11.6 Å². The standard InChI is InChI=1S/C16H12ClFN6O2S/c1-23-16(18)12-3-2-4-13(15(12)21-23)22-27(25,26)11-8-20-24(9-11)10-5-6-19-14(17)7-10/h2-9,22H,1H3. The van der Waals surface area contributed by atoms with Gasteiger partial charge in [0.1, 0.15) is 15.6 Å². The van der Waals surface area contributed by atoms with Crippen LogP contribution in [0, 0.1) is 5.95 Å². The lowest BCUT2D eigenvalue weighted by atomic mass is 10.2. The fourth-order valence-electron chi connectivity index (χ4n) is 2.59. The highest BCUT2D eigenvalue weighted by Crippen LogP contribution is 2.26. The summed E-state index contributed by atoms with van der Waals surface area (Å²) in [4.78, 5) is 3.80. The van der Waals surface area contributed by atoms with Crippen molar-refractivity contribution in [2.75, 3.05) is 4.72 Å². The summed E-state index contributed by atoms with van der Waals surface area (Å²) < 4.78 is 44.3. The Morgan fingerprint density at radius 3 is 2.85 bits per heavy atom. The number of fused-ring (bicyclic) bond motifs is 1. The second-order valence-electron chi connectivity index (χ2n) is 5.68. The van der Waals surface area contributed by atoms with E-state index in [0.29, 0.717) is 5.69 Å². The van der Waals surface area contributed by atoms with Crippen LogP contribution in [-0.4, -0.2) is 33.0 Å². The first-order valence-electron chi connectivity index (χ1n) is 7.66. The van der Waals surface area contributed by atoms with Crippen LogP contribution in [0.4, 0.5) is 10.1 Å². The molecule has 3 aromatic heterocycles. The molecule has 0 bridgehead atoms. The third-order valence-corrected chi connectivity index (χ3v) is 5.41. The SMILES string of the molecule is Cn1nc2c(NS(=O)(=O)c3cnn(-c4ccnc(Cl)c4)c3)cccc2c1F. The number of aryl methyl sites for hydroxylation is 1. The number of hydrogen-bond donors (Lipinski definition) is 1. The van der Waals surface area contributed by atoms with Crippen molar-refractivity contribution in [3.8, 4) is 5.69 Å². The number of aromatic nitrogens is 5. The van der Waals surface area contributed by atoms with E-state index in [2.05, 4.69) is 19.9 Å². The van der Waals surface area contributed by atoms with Gasteiger partial charge in [0.15, 0.2) is 0 Å². The van der Waals surface area contributed by atoms with Crippen molar-refractivity contribution < 1.29 is 12.8 Å². The molecule has 0 atom stereocenters. The summed E-state index contributed by atoms with van der Waals surface area (Å²) in [6, 6.07) is 7.78. The first-order valence-corrected chi connectivity index (χ1v) is 9.52. The Balaban J connectivity index is 1.70. The molecule has 138 valence electrons. The summed E-state index contributed by atoms with van der Waals surface area (Å²) in [6.07, 6.45) is 4.03. The molecule has 0 spiro atoms. The zero-order valence-electron chi connectivity index (χ0n) is 13.8. The van der Waals surface area contributed by atoms with Crippen LogP contribution < -0.4 is 4.72 Å². The van der Waals surface area contributed by atoms with Crippen LogP contribution in [0.1, 0.15) is 0 Å². The van der Waals surface area contributed by atoms with Gasteiger partial charge in [0.05, 0.1) is 29.2 Å². The van der Waals surface area contributed by atoms with Crippen LogP contribution in [-0.2, 0) is 17.1 Å². The molecule has 0 saturated carbocycles. The van der Waals surface area contributed by atoms with E-state index in [0.717, 1.165) is 4.68 Å². The Kier molecular flexibility index (Phi) is 4.08. The predicted octanol–water partition coefficient (Wildman–Crippen LogP) is 2.75. The summed E-state index contributed by atoms with van der Waals surface area (Å²) in [5.74, 6) is -0.548. The van der Waals surface area contributed by atoms with Crippen molar-refractivity contribution in [3.63, 3.8) is 0 Å². The van der Waals surface area contributed by atoms with Gasteiger partial charge in [-0.25, -0.2) is 22.8 Å². The number of halogens is 2. The van der Waals surface area contributed by atoms with Crippen molar-refractivity contribution in [2.24, 2.45) is 7.05 Å². The van der Waals surface area contributed by atoms with E-state index in [1.54, 1.807) is 18.2 Å². The van der Waals surface area contributed by atoms with Gasteiger partial charge in [-0.15, -0.1) is 0 Å². The summed E-state index contributed by atoms with van der Waals surface area (Å²) in [5, 5.41) is 8.55. The van der Waals surface area contributed by atoms with Gasteiger partial charge in [-0.2, -0.15) is 14.6 Å². The molecule has 27 heavy (non-hydrogen) atoms. The monoisotopic (exact) mass is 406 g/mol. The average molecular weight is 407 g/mol. The van der Waals surface area contributed by atoms with Crippen LogP contribution in [0.2, 0.25) is 5.15 Å². The third-order valence-electron chi connectivity index (χ3n) is 3.88. The second kappa shape index (κ2) is 6.32. The molecule has 1 N–H and O–H groups in total. The maximum absolute atomic E-state index is 14.0. The molecule has 11 heteroatoms. The van der Waals surface area contributed by atoms with Crippen LogP contribution in [0.25, 0.3) is 16.6 Å². The van der Waals surface area contributed by atoms with E-state index < -0.39 is 16.0 Å². The maximum atomic E-state index is 14.0. The number of anilines is 1. The first-order chi connectivity index (χ1) is 12.8. The van der Waals surface area contributed by atoms with E-state index >= 15 is 0 Å². The largest absolute Gasteiger partial charge is 0.277 e. The number of rotatable bonds is 4. The number of benzene rings is 1. The van der Waals surface area contributed by atoms with Gasteiger partial charge in [0.2, 0.25) is 5.95 Å². The highest BCUT2D eigenvalue weighted by Gasteiger charge is 2.20. The molecule has 0 unspecified atom stereocenters. The molecule has 0 saturated heterocycles. The Morgan fingerprint density at radius 2 is 2.07 bits per heavy atom. The molecule has 0 aliphatic heterocycles. The Morgan fingerprint density at radius 1 is 1.26 bits per heavy atom. The Hall–Kier alpha value is -2.98. The fourth-order valence-corrected chi connectivity index (χ4v) is 3.76. The topological polar surface area (TPSA) is 94.7 Å². The Bertz CT molecular complexity index is 1270. The summed E-state index contributed by atoms with van der Waals surface area (Å²) in [6.45, 7) is 0. The molecule has 0 fully saturated rings. The van der Waals surface area contributed by atoms with Crippen molar-refractivity contribution in [1.29, 1.82) is 0 Å². The minimum atomic E-state index is -3.96. The molecule has 0 radical (unpaired) electrons. The van der Waals surface area contributed by atoms with Crippen molar-refractivity contribution in [3.05, 3.63) is 60.0 Å². The average Bonchev–Trinajstić information content (AvgIpc) is 3.23. The quantitative estimate of drug-likeness (QED) is 0.526. The number of pyridine rings is 1. The van der Waals surface area contributed by atoms with Gasteiger partial charge in [-0.1, -0.05) is 17.7 Å². The second-order valence-corrected chi connectivity index (χ2v) is 7.75. The molecular formula is C16H12ClFN6O2S. The normalized spacial score (nSPS) is 11.8. The smallest absolute Gasteiger partial charge is 0.265 e. The van der Waals surface area contributed by atoms with Gasteiger partial charge in [-0.05, 0) is 18.2 Å². The van der Waals surface area contributed by atoms with Crippen molar-refractivity contribution in [1.82, 2.24) is 24.5 Å². The highest BCUT2D eigenvalue weighted by molar-refractivity contribution is 7.92. The van der Waals surface area contributed by atoms with Gasteiger partial charge in [0.25, 0.3) is 10.0 Å². The number of hydrogen-bond acceptors (Lipinski definition) is 5.